The number of nitrogens with one attached hydrogen (secondary N) is 1. The number of hydrogen-bond acceptors (Lipinski definition) is 2. The van der Waals surface area contributed by atoms with E-state index < -0.39 is 0 Å². The van der Waals surface area contributed by atoms with E-state index in [9.17, 15) is 0 Å². The van der Waals surface area contributed by atoms with Gasteiger partial charge in [0.15, 0.2) is 0 Å². The Morgan fingerprint density at radius 2 is 2.33 bits per heavy atom. The molecule has 0 radical (unpaired) electrons. The predicted octanol–water partition coefficient (Wildman–Crippen LogP) is 3.27. The van der Waals surface area contributed by atoms with Crippen molar-refractivity contribution in [1.29, 1.82) is 0 Å². The Bertz CT molecular complexity index is 381. The van der Waals surface area contributed by atoms with Crippen molar-refractivity contribution in [3.8, 4) is 0 Å². The third-order valence-corrected chi connectivity index (χ3v) is 4.47. The molecule has 1 aromatic rings. The molecule has 0 aliphatic carbocycles. The van der Waals surface area contributed by atoms with E-state index in [1.165, 1.54) is 16.5 Å². The fourth-order valence-corrected chi connectivity index (χ4v) is 3.11. The second kappa shape index (κ2) is 6.69. The van der Waals surface area contributed by atoms with Gasteiger partial charge >= 0.3 is 0 Å². The maximum Gasteiger partial charge on any atom is 0.0250 e. The summed E-state index contributed by atoms with van der Waals surface area (Å²) in [6.07, 6.45) is 1.25. The minimum atomic E-state index is 0.669. The van der Waals surface area contributed by atoms with Crippen molar-refractivity contribution in [1.82, 2.24) is 10.2 Å². The van der Waals surface area contributed by atoms with Crippen LogP contribution in [0.3, 0.4) is 0 Å². The van der Waals surface area contributed by atoms with Crippen LogP contribution >= 0.6 is 15.9 Å². The van der Waals surface area contributed by atoms with Crippen LogP contribution in [-0.4, -0.2) is 30.6 Å². The SMILES string of the molecule is CCC(C)C1CNCCN1Cc1cccc(Br)c1. The highest BCUT2D eigenvalue weighted by atomic mass is 79.9. The molecule has 0 spiro atoms. The van der Waals surface area contributed by atoms with Crippen LogP contribution in [0.25, 0.3) is 0 Å². The molecule has 1 saturated heterocycles. The summed E-state index contributed by atoms with van der Waals surface area (Å²) in [5, 5.41) is 3.53. The topological polar surface area (TPSA) is 15.3 Å². The molecule has 1 heterocycles. The zero-order valence-corrected chi connectivity index (χ0v) is 12.9. The standard InChI is InChI=1S/C15H23BrN2/c1-3-12(2)15-10-17-7-8-18(15)11-13-5-4-6-14(16)9-13/h4-6,9,12,15,17H,3,7-8,10-11H2,1-2H3. The Morgan fingerprint density at radius 1 is 1.50 bits per heavy atom. The van der Waals surface area contributed by atoms with Gasteiger partial charge in [0.05, 0.1) is 0 Å². The molecule has 1 N–H and O–H groups in total. The van der Waals surface area contributed by atoms with Gasteiger partial charge in [0.2, 0.25) is 0 Å². The maximum atomic E-state index is 3.55. The summed E-state index contributed by atoms with van der Waals surface area (Å²) < 4.78 is 1.18. The lowest BCUT2D eigenvalue weighted by atomic mass is 9.95. The smallest absolute Gasteiger partial charge is 0.0250 e. The number of nitrogens with zero attached hydrogens (tertiary/aromatic N) is 1. The second-order valence-corrected chi connectivity index (χ2v) is 6.17. The Balaban J connectivity index is 2.05. The van der Waals surface area contributed by atoms with E-state index >= 15 is 0 Å². The predicted molar refractivity (Wildman–Crippen MR) is 80.7 cm³/mol. The van der Waals surface area contributed by atoms with Crippen LogP contribution in [0.5, 0.6) is 0 Å². The zero-order chi connectivity index (χ0) is 13.0. The number of halogens is 1. The minimum Gasteiger partial charge on any atom is -0.314 e. The lowest BCUT2D eigenvalue weighted by molar-refractivity contribution is 0.109. The van der Waals surface area contributed by atoms with Gasteiger partial charge in [-0.25, -0.2) is 0 Å². The normalized spacial score (nSPS) is 22.9. The largest absolute Gasteiger partial charge is 0.314 e. The molecule has 0 bridgehead atoms. The van der Waals surface area contributed by atoms with Crippen molar-refractivity contribution in [3.63, 3.8) is 0 Å². The molecule has 1 aliphatic heterocycles. The van der Waals surface area contributed by atoms with Crippen LogP contribution in [0.2, 0.25) is 0 Å². The molecule has 2 atom stereocenters. The van der Waals surface area contributed by atoms with Crippen molar-refractivity contribution in [2.45, 2.75) is 32.9 Å². The quantitative estimate of drug-likeness (QED) is 0.918. The van der Waals surface area contributed by atoms with Gasteiger partial charge in [-0.3, -0.25) is 4.90 Å². The number of rotatable bonds is 4. The fraction of sp³-hybridized carbons (Fsp3) is 0.600. The Hall–Kier alpha value is -0.380. The van der Waals surface area contributed by atoms with E-state index in [4.69, 9.17) is 0 Å². The fourth-order valence-electron chi connectivity index (χ4n) is 2.67. The molecular formula is C15H23BrN2. The van der Waals surface area contributed by atoms with Crippen molar-refractivity contribution in [3.05, 3.63) is 34.3 Å². The van der Waals surface area contributed by atoms with Crippen molar-refractivity contribution >= 4 is 15.9 Å². The summed E-state index contributed by atoms with van der Waals surface area (Å²) in [6, 6.07) is 9.34. The second-order valence-electron chi connectivity index (χ2n) is 5.26. The molecule has 3 heteroatoms. The summed E-state index contributed by atoms with van der Waals surface area (Å²) in [6.45, 7) is 9.11. The molecule has 18 heavy (non-hydrogen) atoms. The highest BCUT2D eigenvalue weighted by Gasteiger charge is 2.26. The van der Waals surface area contributed by atoms with E-state index in [0.29, 0.717) is 6.04 Å². The van der Waals surface area contributed by atoms with Gasteiger partial charge in [-0.15, -0.1) is 0 Å². The highest BCUT2D eigenvalue weighted by Crippen LogP contribution is 2.20. The van der Waals surface area contributed by atoms with Crippen LogP contribution in [0.4, 0.5) is 0 Å². The first kappa shape index (κ1) is 14.0. The number of hydrogen-bond donors (Lipinski definition) is 1. The van der Waals surface area contributed by atoms with E-state index in [1.54, 1.807) is 0 Å². The van der Waals surface area contributed by atoms with Crippen molar-refractivity contribution in [2.75, 3.05) is 19.6 Å². The van der Waals surface area contributed by atoms with Gasteiger partial charge in [0, 0.05) is 36.7 Å². The zero-order valence-electron chi connectivity index (χ0n) is 11.3. The lowest BCUT2D eigenvalue weighted by Crippen LogP contribution is -2.53. The number of piperazine rings is 1. The third-order valence-electron chi connectivity index (χ3n) is 3.97. The van der Waals surface area contributed by atoms with Crippen molar-refractivity contribution in [2.24, 2.45) is 5.92 Å². The van der Waals surface area contributed by atoms with E-state index in [2.05, 4.69) is 64.3 Å². The minimum absolute atomic E-state index is 0.669. The molecule has 0 saturated carbocycles. The van der Waals surface area contributed by atoms with Gasteiger partial charge in [-0.2, -0.15) is 0 Å². The average Bonchev–Trinajstić information content (AvgIpc) is 2.38. The Morgan fingerprint density at radius 3 is 3.06 bits per heavy atom. The molecule has 100 valence electrons. The van der Waals surface area contributed by atoms with Crippen LogP contribution in [0.1, 0.15) is 25.8 Å². The van der Waals surface area contributed by atoms with Gasteiger partial charge in [0.1, 0.15) is 0 Å². The molecule has 2 unspecified atom stereocenters. The molecule has 1 fully saturated rings. The first-order valence-corrected chi connectivity index (χ1v) is 7.69. The first-order chi connectivity index (χ1) is 8.70. The summed E-state index contributed by atoms with van der Waals surface area (Å²) in [5.74, 6) is 0.755. The molecule has 1 aliphatic rings. The van der Waals surface area contributed by atoms with Gasteiger partial charge < -0.3 is 5.32 Å². The van der Waals surface area contributed by atoms with Crippen molar-refractivity contribution < 1.29 is 0 Å². The molecular weight excluding hydrogens is 288 g/mol. The van der Waals surface area contributed by atoms with Crippen LogP contribution in [0.15, 0.2) is 28.7 Å². The van der Waals surface area contributed by atoms with E-state index in [0.717, 1.165) is 32.1 Å². The summed E-state index contributed by atoms with van der Waals surface area (Å²) in [4.78, 5) is 2.63. The van der Waals surface area contributed by atoms with Gasteiger partial charge in [-0.05, 0) is 23.6 Å². The van der Waals surface area contributed by atoms with Gasteiger partial charge in [-0.1, -0.05) is 48.3 Å². The Labute approximate surface area is 119 Å². The van der Waals surface area contributed by atoms with Crippen LogP contribution in [-0.2, 0) is 6.54 Å². The maximum absolute atomic E-state index is 3.55. The molecule has 1 aromatic carbocycles. The van der Waals surface area contributed by atoms with E-state index in [1.807, 2.05) is 0 Å². The average molecular weight is 311 g/mol. The molecule has 2 rings (SSSR count). The van der Waals surface area contributed by atoms with E-state index in [-0.39, 0.29) is 0 Å². The summed E-state index contributed by atoms with van der Waals surface area (Å²) in [7, 11) is 0. The van der Waals surface area contributed by atoms with Gasteiger partial charge in [0.25, 0.3) is 0 Å². The summed E-state index contributed by atoms with van der Waals surface area (Å²) >= 11 is 3.55. The van der Waals surface area contributed by atoms with Crippen LogP contribution < -0.4 is 5.32 Å². The molecule has 0 aromatic heterocycles. The molecule has 2 nitrogen and oxygen atoms in total. The number of benzene rings is 1. The molecule has 0 amide bonds. The Kier molecular flexibility index (Phi) is 5.22. The third kappa shape index (κ3) is 3.56. The lowest BCUT2D eigenvalue weighted by Gasteiger charge is -2.39. The monoisotopic (exact) mass is 310 g/mol. The highest BCUT2D eigenvalue weighted by molar-refractivity contribution is 9.10. The summed E-state index contributed by atoms with van der Waals surface area (Å²) in [5.41, 5.74) is 1.40. The first-order valence-electron chi connectivity index (χ1n) is 6.90. The van der Waals surface area contributed by atoms with Crippen LogP contribution in [0, 0.1) is 5.92 Å².